The van der Waals surface area contributed by atoms with Gasteiger partial charge in [-0.1, -0.05) is 18.2 Å². The van der Waals surface area contributed by atoms with Crippen molar-refractivity contribution in [2.24, 2.45) is 0 Å². The molecular weight excluding hydrogens is 240 g/mol. The Morgan fingerprint density at radius 3 is 2.84 bits per heavy atom. The molecule has 1 aliphatic rings. The van der Waals surface area contributed by atoms with Crippen molar-refractivity contribution in [3.63, 3.8) is 0 Å². The maximum Gasteiger partial charge on any atom is 0.225 e. The van der Waals surface area contributed by atoms with Crippen molar-refractivity contribution >= 4 is 17.5 Å². The average Bonchev–Trinajstić information content (AvgIpc) is 2.45. The highest BCUT2D eigenvalue weighted by atomic mass is 16.1. The summed E-state index contributed by atoms with van der Waals surface area (Å²) in [6, 6.07) is 9.66. The first kappa shape index (κ1) is 11.6. The largest absolute Gasteiger partial charge is 0.354 e. The molecule has 0 saturated heterocycles. The number of aromatic nitrogens is 2. The number of fused-ring (bicyclic) bond motifs is 1. The zero-order valence-corrected chi connectivity index (χ0v) is 10.3. The van der Waals surface area contributed by atoms with E-state index in [2.05, 4.69) is 20.6 Å². The first-order chi connectivity index (χ1) is 9.33. The van der Waals surface area contributed by atoms with Gasteiger partial charge >= 0.3 is 0 Å². The summed E-state index contributed by atoms with van der Waals surface area (Å²) in [7, 11) is 0. The topological polar surface area (TPSA) is 66.9 Å². The molecule has 96 valence electrons. The zero-order chi connectivity index (χ0) is 13.1. The maximum atomic E-state index is 11.7. The molecule has 2 aromatic rings. The Morgan fingerprint density at radius 1 is 1.21 bits per heavy atom. The lowest BCUT2D eigenvalue weighted by molar-refractivity contribution is -0.116. The fourth-order valence-corrected chi connectivity index (χ4v) is 2.29. The molecule has 3 rings (SSSR count). The lowest BCUT2D eigenvalue weighted by atomic mass is 9.90. The first-order valence-electron chi connectivity index (χ1n) is 6.22. The molecule has 2 N–H and O–H groups in total. The Kier molecular flexibility index (Phi) is 3.10. The van der Waals surface area contributed by atoms with Crippen LogP contribution in [0.4, 0.5) is 11.6 Å². The van der Waals surface area contributed by atoms with Crippen molar-refractivity contribution < 1.29 is 4.79 Å². The van der Waals surface area contributed by atoms with Crippen LogP contribution in [0.5, 0.6) is 0 Å². The van der Waals surface area contributed by atoms with Crippen LogP contribution in [0.3, 0.4) is 0 Å². The van der Waals surface area contributed by atoms with E-state index in [-0.39, 0.29) is 11.8 Å². The summed E-state index contributed by atoms with van der Waals surface area (Å²) in [6.07, 6.45) is 3.87. The first-order valence-corrected chi connectivity index (χ1v) is 6.22. The lowest BCUT2D eigenvalue weighted by Crippen LogP contribution is -2.27. The highest BCUT2D eigenvalue weighted by Crippen LogP contribution is 2.31. The lowest BCUT2D eigenvalue weighted by Gasteiger charge is -2.25. The van der Waals surface area contributed by atoms with Crippen molar-refractivity contribution in [2.75, 3.05) is 17.2 Å². The van der Waals surface area contributed by atoms with Gasteiger partial charge < -0.3 is 10.6 Å². The Labute approximate surface area is 111 Å². The molecule has 0 unspecified atom stereocenters. The molecule has 0 spiro atoms. The molecule has 0 bridgehead atoms. The molecule has 1 aliphatic heterocycles. The van der Waals surface area contributed by atoms with Crippen LogP contribution in [0.2, 0.25) is 0 Å². The number of anilines is 2. The van der Waals surface area contributed by atoms with Crippen molar-refractivity contribution in [1.29, 1.82) is 0 Å². The molecule has 0 aliphatic carbocycles. The van der Waals surface area contributed by atoms with Crippen molar-refractivity contribution in [3.05, 3.63) is 48.3 Å². The summed E-state index contributed by atoms with van der Waals surface area (Å²) in [5.41, 5.74) is 2.06. The van der Waals surface area contributed by atoms with Gasteiger partial charge in [-0.3, -0.25) is 4.79 Å². The number of amides is 1. The van der Waals surface area contributed by atoms with Crippen molar-refractivity contribution in [3.8, 4) is 0 Å². The van der Waals surface area contributed by atoms with E-state index in [0.29, 0.717) is 18.9 Å². The molecule has 0 radical (unpaired) electrons. The molecule has 2 heterocycles. The summed E-state index contributed by atoms with van der Waals surface area (Å²) >= 11 is 0. The van der Waals surface area contributed by atoms with Gasteiger partial charge in [0.2, 0.25) is 11.9 Å². The van der Waals surface area contributed by atoms with Gasteiger partial charge in [0.15, 0.2) is 0 Å². The maximum absolute atomic E-state index is 11.7. The Morgan fingerprint density at radius 2 is 2.00 bits per heavy atom. The van der Waals surface area contributed by atoms with E-state index < -0.39 is 0 Å². The normalized spacial score (nSPS) is 17.5. The summed E-state index contributed by atoms with van der Waals surface area (Å²) in [5.74, 6) is 0.791. The SMILES string of the molecule is O=C1C[C@H](CNc2ncccn2)c2ccccc2N1. The van der Waals surface area contributed by atoms with Gasteiger partial charge in [0.05, 0.1) is 0 Å². The van der Waals surface area contributed by atoms with Gasteiger partial charge in [-0.25, -0.2) is 9.97 Å². The number of hydrogen-bond acceptors (Lipinski definition) is 4. The third-order valence-corrected chi connectivity index (χ3v) is 3.18. The van der Waals surface area contributed by atoms with E-state index >= 15 is 0 Å². The molecule has 5 nitrogen and oxygen atoms in total. The Balaban J connectivity index is 1.76. The van der Waals surface area contributed by atoms with Crippen LogP contribution in [0.15, 0.2) is 42.7 Å². The fraction of sp³-hybridized carbons (Fsp3) is 0.214. The standard InChI is InChI=1S/C14H14N4O/c19-13-8-10(9-17-14-15-6-3-7-16-14)11-4-1-2-5-12(11)18-13/h1-7,10H,8-9H2,(H,18,19)(H,15,16,17)/t10-/m1/s1. The van der Waals surface area contributed by atoms with Crippen LogP contribution in [-0.4, -0.2) is 22.4 Å². The quantitative estimate of drug-likeness (QED) is 0.879. The van der Waals surface area contributed by atoms with E-state index in [1.807, 2.05) is 24.3 Å². The van der Waals surface area contributed by atoms with Gasteiger partial charge in [0.1, 0.15) is 0 Å². The summed E-state index contributed by atoms with van der Waals surface area (Å²) in [5, 5.41) is 6.06. The van der Waals surface area contributed by atoms with Crippen LogP contribution in [-0.2, 0) is 4.79 Å². The summed E-state index contributed by atoms with van der Waals surface area (Å²) in [6.45, 7) is 0.647. The molecule has 5 heteroatoms. The van der Waals surface area contributed by atoms with Crippen LogP contribution in [0.25, 0.3) is 0 Å². The number of hydrogen-bond donors (Lipinski definition) is 2. The number of carbonyl (C=O) groups excluding carboxylic acids is 1. The highest BCUT2D eigenvalue weighted by Gasteiger charge is 2.24. The molecule has 0 saturated carbocycles. The second kappa shape index (κ2) is 5.06. The number of rotatable bonds is 3. The minimum absolute atomic E-state index is 0.0551. The number of para-hydroxylation sites is 1. The molecular formula is C14H14N4O. The zero-order valence-electron chi connectivity index (χ0n) is 10.3. The van der Waals surface area contributed by atoms with Crippen molar-refractivity contribution in [1.82, 2.24) is 9.97 Å². The van der Waals surface area contributed by atoms with E-state index in [0.717, 1.165) is 11.3 Å². The molecule has 1 aromatic carbocycles. The fourth-order valence-electron chi connectivity index (χ4n) is 2.29. The summed E-state index contributed by atoms with van der Waals surface area (Å²) in [4.78, 5) is 19.9. The predicted molar refractivity (Wildman–Crippen MR) is 73.0 cm³/mol. The minimum atomic E-state index is 0.0551. The average molecular weight is 254 g/mol. The molecule has 1 aromatic heterocycles. The van der Waals surface area contributed by atoms with E-state index in [4.69, 9.17) is 0 Å². The number of carbonyl (C=O) groups is 1. The van der Waals surface area contributed by atoms with Crippen LogP contribution >= 0.6 is 0 Å². The van der Waals surface area contributed by atoms with Gasteiger partial charge in [-0.2, -0.15) is 0 Å². The second-order valence-electron chi connectivity index (χ2n) is 4.49. The third kappa shape index (κ3) is 2.54. The van der Waals surface area contributed by atoms with E-state index in [1.165, 1.54) is 0 Å². The Bertz CT molecular complexity index is 585. The van der Waals surface area contributed by atoms with E-state index in [1.54, 1.807) is 18.5 Å². The van der Waals surface area contributed by atoms with Crippen LogP contribution < -0.4 is 10.6 Å². The highest BCUT2D eigenvalue weighted by molar-refractivity contribution is 5.94. The van der Waals surface area contributed by atoms with Gasteiger partial charge in [-0.05, 0) is 17.7 Å². The van der Waals surface area contributed by atoms with Gasteiger partial charge in [0.25, 0.3) is 0 Å². The molecule has 1 amide bonds. The Hall–Kier alpha value is -2.43. The second-order valence-corrected chi connectivity index (χ2v) is 4.49. The van der Waals surface area contributed by atoms with Crippen LogP contribution in [0.1, 0.15) is 17.9 Å². The molecule has 0 fully saturated rings. The van der Waals surface area contributed by atoms with E-state index in [9.17, 15) is 4.79 Å². The van der Waals surface area contributed by atoms with Gasteiger partial charge in [0, 0.05) is 37.0 Å². The molecule has 19 heavy (non-hydrogen) atoms. The third-order valence-electron chi connectivity index (χ3n) is 3.18. The van der Waals surface area contributed by atoms with Crippen molar-refractivity contribution in [2.45, 2.75) is 12.3 Å². The number of nitrogens with zero attached hydrogens (tertiary/aromatic N) is 2. The smallest absolute Gasteiger partial charge is 0.225 e. The number of nitrogens with one attached hydrogen (secondary N) is 2. The predicted octanol–water partition coefficient (Wildman–Crippen LogP) is 2.01. The summed E-state index contributed by atoms with van der Waals surface area (Å²) < 4.78 is 0. The number of benzene rings is 1. The van der Waals surface area contributed by atoms with Gasteiger partial charge in [-0.15, -0.1) is 0 Å². The minimum Gasteiger partial charge on any atom is -0.354 e. The van der Waals surface area contributed by atoms with Crippen LogP contribution in [0, 0.1) is 0 Å². The molecule has 1 atom stereocenters. The monoisotopic (exact) mass is 254 g/mol.